The third-order valence-electron chi connectivity index (χ3n) is 1.83. The van der Waals surface area contributed by atoms with Gasteiger partial charge in [0, 0.05) is 0 Å². The highest BCUT2D eigenvalue weighted by atomic mass is 16.7. The minimum absolute atomic E-state index is 0.494. The Bertz CT molecular complexity index is 111. The summed E-state index contributed by atoms with van der Waals surface area (Å²) in [7, 11) is 0. The van der Waals surface area contributed by atoms with E-state index in [1.165, 1.54) is 0 Å². The van der Waals surface area contributed by atoms with Crippen molar-refractivity contribution in [2.24, 2.45) is 5.41 Å². The Balaban J connectivity index is 2.61. The van der Waals surface area contributed by atoms with Gasteiger partial charge in [0.1, 0.15) is 5.41 Å². The molecule has 0 bridgehead atoms. The highest BCUT2D eigenvalue weighted by Gasteiger charge is 2.55. The summed E-state index contributed by atoms with van der Waals surface area (Å²) in [5.41, 5.74) is -1.28. The van der Waals surface area contributed by atoms with Gasteiger partial charge in [0.25, 0.3) is 0 Å². The van der Waals surface area contributed by atoms with Crippen LogP contribution in [-0.4, -0.2) is 46.2 Å². The summed E-state index contributed by atoms with van der Waals surface area (Å²) in [5, 5.41) is 34.9. The van der Waals surface area contributed by atoms with Crippen LogP contribution in [0.4, 0.5) is 0 Å². The lowest BCUT2D eigenvalue weighted by atomic mass is 9.84. The van der Waals surface area contributed by atoms with Crippen molar-refractivity contribution in [1.29, 1.82) is 0 Å². The number of ether oxygens (including phenoxy) is 1. The van der Waals surface area contributed by atoms with Crippen LogP contribution in [0.1, 0.15) is 0 Å². The quantitative estimate of drug-likeness (QED) is 0.353. The molecule has 0 aromatic rings. The Hall–Kier alpha value is -0.200. The Morgan fingerprint density at radius 3 is 1.60 bits per heavy atom. The minimum atomic E-state index is -1.28. The summed E-state index contributed by atoms with van der Waals surface area (Å²) >= 11 is 0. The van der Waals surface area contributed by atoms with Crippen LogP contribution < -0.4 is 0 Å². The molecule has 5 heteroatoms. The van der Waals surface area contributed by atoms with Crippen molar-refractivity contribution in [1.82, 2.24) is 0 Å². The fourth-order valence-electron chi connectivity index (χ4n) is 0.805. The molecule has 60 valence electrons. The van der Waals surface area contributed by atoms with Gasteiger partial charge in [-0.1, -0.05) is 0 Å². The van der Waals surface area contributed by atoms with Crippen LogP contribution in [0.25, 0.3) is 0 Å². The summed E-state index contributed by atoms with van der Waals surface area (Å²) in [6.07, 6.45) is -2.53. The summed E-state index contributed by atoms with van der Waals surface area (Å²) in [4.78, 5) is 0. The Morgan fingerprint density at radius 1 is 1.10 bits per heavy atom. The van der Waals surface area contributed by atoms with Gasteiger partial charge < -0.3 is 25.2 Å². The third-order valence-corrected chi connectivity index (χ3v) is 1.83. The van der Waals surface area contributed by atoms with Gasteiger partial charge in [0.05, 0.1) is 13.2 Å². The lowest BCUT2D eigenvalue weighted by molar-refractivity contribution is -0.412. The monoisotopic (exact) mass is 150 g/mol. The summed E-state index contributed by atoms with van der Waals surface area (Å²) in [6, 6.07) is 0. The van der Waals surface area contributed by atoms with Crippen LogP contribution in [-0.2, 0) is 4.74 Å². The zero-order valence-corrected chi connectivity index (χ0v) is 5.27. The first-order chi connectivity index (χ1) is 4.67. The van der Waals surface area contributed by atoms with Crippen molar-refractivity contribution in [2.45, 2.75) is 12.6 Å². The predicted molar refractivity (Wildman–Crippen MR) is 29.7 cm³/mol. The van der Waals surface area contributed by atoms with E-state index in [9.17, 15) is 0 Å². The first kappa shape index (κ1) is 7.90. The van der Waals surface area contributed by atoms with E-state index in [1.54, 1.807) is 0 Å². The van der Waals surface area contributed by atoms with E-state index in [4.69, 9.17) is 20.4 Å². The highest BCUT2D eigenvalue weighted by Crippen LogP contribution is 2.37. The Kier molecular flexibility index (Phi) is 1.93. The zero-order chi connectivity index (χ0) is 7.78. The van der Waals surface area contributed by atoms with Crippen molar-refractivity contribution >= 4 is 0 Å². The van der Waals surface area contributed by atoms with Crippen LogP contribution in [0.15, 0.2) is 0 Å². The van der Waals surface area contributed by atoms with Crippen LogP contribution in [0, 0.1) is 5.41 Å². The highest BCUT2D eigenvalue weighted by molar-refractivity contribution is 4.91. The first-order valence-corrected chi connectivity index (χ1v) is 2.90. The van der Waals surface area contributed by atoms with Crippen LogP contribution in [0.2, 0.25) is 0 Å². The Labute approximate surface area is 57.5 Å². The second-order valence-corrected chi connectivity index (χ2v) is 2.39. The summed E-state index contributed by atoms with van der Waals surface area (Å²) in [5.74, 6) is 0. The molecule has 1 rings (SSSR count). The normalized spacial score (nSPS) is 37.2. The van der Waals surface area contributed by atoms with Crippen LogP contribution >= 0.6 is 0 Å². The smallest absolute Gasteiger partial charge is 0.172 e. The molecule has 4 N–H and O–H groups in total. The molecular weight excluding hydrogens is 140 g/mol. The van der Waals surface area contributed by atoms with Crippen molar-refractivity contribution in [3.05, 3.63) is 0 Å². The van der Waals surface area contributed by atoms with Gasteiger partial charge >= 0.3 is 0 Å². The average Bonchev–Trinajstić information content (AvgIpc) is 1.91. The minimum Gasteiger partial charge on any atom is -0.395 e. The maximum atomic E-state index is 8.83. The molecule has 0 aliphatic carbocycles. The standard InChI is InChI=1S/C5H10O5/c6-1-5(2-7)3(8)10-4(5)9/h3-4,6-9H,1-2H2. The maximum absolute atomic E-state index is 8.83. The molecule has 1 aliphatic heterocycles. The lowest BCUT2D eigenvalue weighted by Crippen LogP contribution is -2.63. The maximum Gasteiger partial charge on any atom is 0.172 e. The van der Waals surface area contributed by atoms with E-state index in [1.807, 2.05) is 0 Å². The lowest BCUT2D eigenvalue weighted by Gasteiger charge is -2.47. The number of hydrogen-bond donors (Lipinski definition) is 4. The molecule has 0 amide bonds. The molecule has 1 heterocycles. The number of aliphatic hydroxyl groups is 4. The molecule has 5 nitrogen and oxygen atoms in total. The predicted octanol–water partition coefficient (Wildman–Crippen LogP) is -2.38. The molecule has 0 radical (unpaired) electrons. The number of hydrogen-bond acceptors (Lipinski definition) is 5. The summed E-state index contributed by atoms with van der Waals surface area (Å²) in [6.45, 7) is -0.988. The molecule has 0 aromatic heterocycles. The molecule has 1 aliphatic rings. The van der Waals surface area contributed by atoms with Gasteiger partial charge in [-0.15, -0.1) is 0 Å². The van der Waals surface area contributed by atoms with Gasteiger partial charge in [-0.25, -0.2) is 0 Å². The van der Waals surface area contributed by atoms with Gasteiger partial charge in [-0.3, -0.25) is 0 Å². The fourth-order valence-corrected chi connectivity index (χ4v) is 0.805. The third kappa shape index (κ3) is 0.759. The fraction of sp³-hybridized carbons (Fsp3) is 1.00. The topological polar surface area (TPSA) is 90.2 Å². The van der Waals surface area contributed by atoms with Crippen molar-refractivity contribution in [2.75, 3.05) is 13.2 Å². The van der Waals surface area contributed by atoms with E-state index in [0.29, 0.717) is 0 Å². The molecule has 1 saturated heterocycles. The molecule has 2 unspecified atom stereocenters. The molecule has 10 heavy (non-hydrogen) atoms. The summed E-state index contributed by atoms with van der Waals surface area (Å²) < 4.78 is 4.33. The molecule has 0 spiro atoms. The molecule has 0 aromatic carbocycles. The Morgan fingerprint density at radius 2 is 1.50 bits per heavy atom. The van der Waals surface area contributed by atoms with E-state index in [0.717, 1.165) is 0 Å². The van der Waals surface area contributed by atoms with Crippen LogP contribution in [0.5, 0.6) is 0 Å². The van der Waals surface area contributed by atoms with Crippen LogP contribution in [0.3, 0.4) is 0 Å². The second-order valence-electron chi connectivity index (χ2n) is 2.39. The van der Waals surface area contributed by atoms with Gasteiger partial charge in [-0.05, 0) is 0 Å². The van der Waals surface area contributed by atoms with Gasteiger partial charge in [-0.2, -0.15) is 0 Å². The van der Waals surface area contributed by atoms with E-state index in [2.05, 4.69) is 4.74 Å². The first-order valence-electron chi connectivity index (χ1n) is 2.90. The molecule has 1 fully saturated rings. The van der Waals surface area contributed by atoms with E-state index >= 15 is 0 Å². The molecular formula is C5H10O5. The second kappa shape index (κ2) is 2.44. The molecule has 0 saturated carbocycles. The van der Waals surface area contributed by atoms with E-state index < -0.39 is 31.2 Å². The SMILES string of the molecule is OCC1(CO)C(O)OC1O. The van der Waals surface area contributed by atoms with Crippen molar-refractivity contribution in [3.8, 4) is 0 Å². The average molecular weight is 150 g/mol. The van der Waals surface area contributed by atoms with Crippen molar-refractivity contribution in [3.63, 3.8) is 0 Å². The van der Waals surface area contributed by atoms with Gasteiger partial charge in [0.2, 0.25) is 0 Å². The number of aliphatic hydroxyl groups excluding tert-OH is 4. The van der Waals surface area contributed by atoms with E-state index in [-0.39, 0.29) is 0 Å². The zero-order valence-electron chi connectivity index (χ0n) is 5.27. The largest absolute Gasteiger partial charge is 0.395 e. The van der Waals surface area contributed by atoms with Gasteiger partial charge in [0.15, 0.2) is 12.6 Å². The van der Waals surface area contributed by atoms with Crippen molar-refractivity contribution < 1.29 is 25.2 Å². The molecule has 2 atom stereocenters. The number of rotatable bonds is 2.